The molecule has 0 spiro atoms. The molecule has 0 aliphatic carbocycles. The zero-order valence-corrected chi connectivity index (χ0v) is 17.3. The van der Waals surface area contributed by atoms with Crippen LogP contribution >= 0.6 is 11.3 Å². The third kappa shape index (κ3) is 5.14. The Morgan fingerprint density at radius 1 is 1.23 bits per heavy atom. The van der Waals surface area contributed by atoms with E-state index in [-0.39, 0.29) is 47.7 Å². The smallest absolute Gasteiger partial charge is 0.543 e. The van der Waals surface area contributed by atoms with E-state index < -0.39 is 5.97 Å². The summed E-state index contributed by atoms with van der Waals surface area (Å²) in [6.07, 6.45) is 0.437. The van der Waals surface area contributed by atoms with Gasteiger partial charge >= 0.3 is 29.6 Å². The molecule has 7 heteroatoms. The van der Waals surface area contributed by atoms with E-state index in [4.69, 9.17) is 4.74 Å². The van der Waals surface area contributed by atoms with Crippen LogP contribution in [0.2, 0.25) is 0 Å². The van der Waals surface area contributed by atoms with Gasteiger partial charge in [-0.1, -0.05) is 35.9 Å². The van der Waals surface area contributed by atoms with E-state index in [2.05, 4.69) is 4.98 Å². The van der Waals surface area contributed by atoms with Gasteiger partial charge in [-0.05, 0) is 19.1 Å². The Balaban J connectivity index is 0.00000243. The number of carbonyl (C=O) groups excluding carboxylic acids is 1. The molecule has 128 valence electrons. The number of aromatic nitrogens is 1. The Hall–Kier alpha value is -1.73. The SMILES string of the molecule is Cc1ccc(OCc2ccccc2F)c(Cc2nc(C(=O)[O-])cs2)c1.[Na+]. The first kappa shape index (κ1) is 20.6. The average molecular weight is 379 g/mol. The number of hydrogen-bond acceptors (Lipinski definition) is 5. The predicted molar refractivity (Wildman–Crippen MR) is 91.2 cm³/mol. The van der Waals surface area contributed by atoms with Crippen LogP contribution in [0.1, 0.15) is 32.2 Å². The van der Waals surface area contributed by atoms with Crippen molar-refractivity contribution >= 4 is 17.3 Å². The van der Waals surface area contributed by atoms with Crippen LogP contribution in [0.4, 0.5) is 4.39 Å². The Morgan fingerprint density at radius 2 is 2.00 bits per heavy atom. The van der Waals surface area contributed by atoms with Gasteiger partial charge < -0.3 is 14.6 Å². The Kier molecular flexibility index (Phi) is 7.34. The molecular weight excluding hydrogens is 364 g/mol. The maximum Gasteiger partial charge on any atom is 1.00 e. The van der Waals surface area contributed by atoms with Crippen molar-refractivity contribution in [2.75, 3.05) is 0 Å². The molecule has 0 fully saturated rings. The Bertz CT molecular complexity index is 913. The number of rotatable bonds is 6. The van der Waals surface area contributed by atoms with Gasteiger partial charge in [0.25, 0.3) is 0 Å². The van der Waals surface area contributed by atoms with Crippen LogP contribution in [0.25, 0.3) is 0 Å². The van der Waals surface area contributed by atoms with Gasteiger partial charge in [0.15, 0.2) is 0 Å². The summed E-state index contributed by atoms with van der Waals surface area (Å²) in [5.41, 5.74) is 2.32. The van der Waals surface area contributed by atoms with Gasteiger partial charge in [0.05, 0.1) is 16.7 Å². The second-order valence-corrected chi connectivity index (χ2v) is 6.52. The topological polar surface area (TPSA) is 62.2 Å². The molecule has 3 rings (SSSR count). The van der Waals surface area contributed by atoms with Gasteiger partial charge in [-0.2, -0.15) is 0 Å². The van der Waals surface area contributed by atoms with E-state index in [1.54, 1.807) is 18.2 Å². The van der Waals surface area contributed by atoms with Crippen molar-refractivity contribution in [1.29, 1.82) is 0 Å². The van der Waals surface area contributed by atoms with Crippen molar-refractivity contribution in [3.05, 3.63) is 81.1 Å². The van der Waals surface area contributed by atoms with E-state index in [0.717, 1.165) is 11.1 Å². The molecule has 0 atom stereocenters. The number of benzene rings is 2. The molecule has 1 heterocycles. The first-order valence-electron chi connectivity index (χ1n) is 7.64. The molecule has 0 aliphatic rings. The van der Waals surface area contributed by atoms with Crippen LogP contribution in [0.15, 0.2) is 47.8 Å². The van der Waals surface area contributed by atoms with Gasteiger partial charge in [-0.3, -0.25) is 0 Å². The Labute approximate surface area is 177 Å². The third-order valence-electron chi connectivity index (χ3n) is 3.66. The van der Waals surface area contributed by atoms with Gasteiger partial charge in [-0.25, -0.2) is 9.37 Å². The maximum atomic E-state index is 13.7. The standard InChI is InChI=1S/C19H16FNO3S.Na/c1-12-6-7-17(24-10-13-4-2-3-5-15(13)20)14(8-12)9-18-21-16(11-25-18)19(22)23;/h2-8,11H,9-10H2,1H3,(H,22,23);/q;+1/p-1. The molecule has 0 saturated carbocycles. The van der Waals surface area contributed by atoms with Crippen LogP contribution in [0.5, 0.6) is 5.75 Å². The fourth-order valence-corrected chi connectivity index (χ4v) is 3.19. The number of aromatic carboxylic acids is 1. The summed E-state index contributed by atoms with van der Waals surface area (Å²) < 4.78 is 19.5. The van der Waals surface area contributed by atoms with Gasteiger partial charge in [0, 0.05) is 22.9 Å². The number of carboxylic acid groups (broad SMARTS) is 1. The quantitative estimate of drug-likeness (QED) is 0.571. The van der Waals surface area contributed by atoms with Crippen LogP contribution in [0, 0.1) is 12.7 Å². The number of aryl methyl sites for hydroxylation is 1. The van der Waals surface area contributed by atoms with Gasteiger partial charge in [0.2, 0.25) is 0 Å². The number of nitrogens with zero attached hydrogens (tertiary/aromatic N) is 1. The molecular formula is C19H15FNNaO3S. The van der Waals surface area contributed by atoms with E-state index in [1.807, 2.05) is 25.1 Å². The Morgan fingerprint density at radius 3 is 2.69 bits per heavy atom. The fourth-order valence-electron chi connectivity index (χ4n) is 2.41. The van der Waals surface area contributed by atoms with Crippen LogP contribution in [-0.2, 0) is 13.0 Å². The summed E-state index contributed by atoms with van der Waals surface area (Å²) in [5.74, 6) is -0.975. The minimum Gasteiger partial charge on any atom is -0.543 e. The molecule has 0 N–H and O–H groups in total. The van der Waals surface area contributed by atoms with E-state index in [9.17, 15) is 14.3 Å². The molecule has 0 saturated heterocycles. The zero-order valence-electron chi connectivity index (χ0n) is 14.5. The second-order valence-electron chi connectivity index (χ2n) is 5.58. The minimum absolute atomic E-state index is 0. The van der Waals surface area contributed by atoms with Crippen molar-refractivity contribution in [1.82, 2.24) is 4.98 Å². The molecule has 3 aromatic rings. The molecule has 0 unspecified atom stereocenters. The predicted octanol–water partition coefficient (Wildman–Crippen LogP) is 0.128. The first-order valence-corrected chi connectivity index (χ1v) is 8.52. The molecule has 0 radical (unpaired) electrons. The monoisotopic (exact) mass is 379 g/mol. The number of ether oxygens (including phenoxy) is 1. The molecule has 4 nitrogen and oxygen atoms in total. The average Bonchev–Trinajstić information content (AvgIpc) is 3.04. The first-order chi connectivity index (χ1) is 12.0. The van der Waals surface area contributed by atoms with Crippen LogP contribution < -0.4 is 39.4 Å². The second kappa shape index (κ2) is 9.28. The molecule has 0 bridgehead atoms. The molecule has 0 aliphatic heterocycles. The maximum absolute atomic E-state index is 13.7. The summed E-state index contributed by atoms with van der Waals surface area (Å²) in [5, 5.41) is 13.0. The van der Waals surface area contributed by atoms with Crippen molar-refractivity contribution < 1.29 is 48.6 Å². The van der Waals surface area contributed by atoms with Gasteiger partial charge in [0.1, 0.15) is 18.2 Å². The van der Waals surface area contributed by atoms with E-state index in [0.29, 0.717) is 22.7 Å². The fraction of sp³-hybridized carbons (Fsp3) is 0.158. The minimum atomic E-state index is -1.29. The largest absolute Gasteiger partial charge is 1.00 e. The number of thiazole rings is 1. The normalized spacial score (nSPS) is 10.2. The zero-order chi connectivity index (χ0) is 17.8. The number of halogens is 1. The number of carboxylic acids is 1. The summed E-state index contributed by atoms with van der Waals surface area (Å²) >= 11 is 1.26. The van der Waals surface area contributed by atoms with Crippen molar-refractivity contribution in [3.8, 4) is 5.75 Å². The summed E-state index contributed by atoms with van der Waals surface area (Å²) in [4.78, 5) is 14.9. The van der Waals surface area contributed by atoms with E-state index in [1.165, 1.54) is 22.8 Å². The van der Waals surface area contributed by atoms with Gasteiger partial charge in [-0.15, -0.1) is 11.3 Å². The summed E-state index contributed by atoms with van der Waals surface area (Å²) in [7, 11) is 0. The van der Waals surface area contributed by atoms with Crippen LogP contribution in [0.3, 0.4) is 0 Å². The summed E-state index contributed by atoms with van der Waals surface area (Å²) in [6, 6.07) is 12.2. The van der Waals surface area contributed by atoms with Crippen molar-refractivity contribution in [2.24, 2.45) is 0 Å². The molecule has 26 heavy (non-hydrogen) atoms. The molecule has 2 aromatic carbocycles. The number of carbonyl (C=O) groups is 1. The number of hydrogen-bond donors (Lipinski definition) is 0. The van der Waals surface area contributed by atoms with Crippen molar-refractivity contribution in [3.63, 3.8) is 0 Å². The summed E-state index contributed by atoms with van der Waals surface area (Å²) in [6.45, 7) is 2.07. The van der Waals surface area contributed by atoms with Crippen LogP contribution in [-0.4, -0.2) is 11.0 Å². The van der Waals surface area contributed by atoms with Crippen molar-refractivity contribution in [2.45, 2.75) is 20.0 Å². The van der Waals surface area contributed by atoms with E-state index >= 15 is 0 Å². The molecule has 0 amide bonds. The molecule has 1 aromatic heterocycles. The third-order valence-corrected chi connectivity index (χ3v) is 4.51.